The molecule has 5 nitrogen and oxygen atoms in total. The smallest absolute Gasteiger partial charge is 0.295 e. The second-order valence-corrected chi connectivity index (χ2v) is 6.49. The van der Waals surface area contributed by atoms with Crippen molar-refractivity contribution in [1.82, 2.24) is 9.88 Å². The minimum atomic E-state index is -0.727. The summed E-state index contributed by atoms with van der Waals surface area (Å²) in [5, 5.41) is 10.8. The second-order valence-electron chi connectivity index (χ2n) is 6.49. The number of hydrogen-bond donors (Lipinski definition) is 1. The van der Waals surface area contributed by atoms with Gasteiger partial charge in [-0.25, -0.2) is 4.39 Å². The fourth-order valence-electron chi connectivity index (χ4n) is 3.30. The molecule has 2 aromatic rings. The van der Waals surface area contributed by atoms with E-state index in [1.54, 1.807) is 24.5 Å². The number of amides is 1. The Balaban J connectivity index is 2.09. The topological polar surface area (TPSA) is 70.5 Å². The van der Waals surface area contributed by atoms with Gasteiger partial charge in [0.05, 0.1) is 11.6 Å². The van der Waals surface area contributed by atoms with Gasteiger partial charge in [0, 0.05) is 24.5 Å². The summed E-state index contributed by atoms with van der Waals surface area (Å²) >= 11 is 0. The lowest BCUT2D eigenvalue weighted by atomic mass is 9.96. The Bertz CT molecular complexity index is 863. The van der Waals surface area contributed by atoms with E-state index in [0.29, 0.717) is 17.7 Å². The Morgan fingerprint density at radius 3 is 2.41 bits per heavy atom. The van der Waals surface area contributed by atoms with Gasteiger partial charge in [-0.2, -0.15) is 0 Å². The molecule has 1 aliphatic heterocycles. The molecule has 1 aromatic heterocycles. The van der Waals surface area contributed by atoms with Crippen molar-refractivity contribution in [3.05, 3.63) is 71.3 Å². The summed E-state index contributed by atoms with van der Waals surface area (Å²) in [4.78, 5) is 30.8. The first-order chi connectivity index (χ1) is 13.0. The van der Waals surface area contributed by atoms with Crippen LogP contribution in [0, 0.1) is 5.82 Å². The van der Waals surface area contributed by atoms with Crippen LogP contribution in [0.15, 0.2) is 54.4 Å². The van der Waals surface area contributed by atoms with Crippen LogP contribution in [-0.4, -0.2) is 33.2 Å². The minimum Gasteiger partial charge on any atom is -0.507 e. The average Bonchev–Trinajstić information content (AvgIpc) is 2.94. The Morgan fingerprint density at radius 2 is 1.78 bits per heavy atom. The van der Waals surface area contributed by atoms with Crippen LogP contribution in [-0.2, 0) is 9.59 Å². The predicted octanol–water partition coefficient (Wildman–Crippen LogP) is 3.83. The van der Waals surface area contributed by atoms with Crippen molar-refractivity contribution in [2.45, 2.75) is 32.2 Å². The van der Waals surface area contributed by atoms with Crippen molar-refractivity contribution in [1.29, 1.82) is 0 Å². The molecule has 0 radical (unpaired) electrons. The van der Waals surface area contributed by atoms with Gasteiger partial charge in [-0.15, -0.1) is 0 Å². The number of hydrogen-bond acceptors (Lipinski definition) is 4. The lowest BCUT2D eigenvalue weighted by molar-refractivity contribution is -0.139. The summed E-state index contributed by atoms with van der Waals surface area (Å²) in [6.45, 7) is 2.48. The molecule has 1 fully saturated rings. The number of likely N-dealkylation sites (tertiary alicyclic amines) is 1. The quantitative estimate of drug-likeness (QED) is 0.364. The van der Waals surface area contributed by atoms with Crippen LogP contribution < -0.4 is 0 Å². The number of pyridine rings is 1. The maximum Gasteiger partial charge on any atom is 0.295 e. The van der Waals surface area contributed by atoms with Gasteiger partial charge >= 0.3 is 0 Å². The fourth-order valence-corrected chi connectivity index (χ4v) is 3.30. The number of Topliss-reactive ketones (excluding diaryl/α,β-unsaturated/α-hetero) is 1. The Morgan fingerprint density at radius 1 is 1.11 bits per heavy atom. The third kappa shape index (κ3) is 3.74. The summed E-state index contributed by atoms with van der Waals surface area (Å²) in [7, 11) is 0. The zero-order valence-electron chi connectivity index (χ0n) is 15.1. The van der Waals surface area contributed by atoms with Crippen molar-refractivity contribution < 1.29 is 19.1 Å². The number of benzene rings is 1. The summed E-state index contributed by atoms with van der Waals surface area (Å²) in [5.74, 6) is -2.10. The molecule has 2 heterocycles. The van der Waals surface area contributed by atoms with Crippen LogP contribution in [0.4, 0.5) is 4.39 Å². The number of aliphatic hydroxyl groups is 1. The van der Waals surface area contributed by atoms with Crippen LogP contribution in [0.2, 0.25) is 0 Å². The summed E-state index contributed by atoms with van der Waals surface area (Å²) in [6, 6.07) is 7.94. The van der Waals surface area contributed by atoms with E-state index in [9.17, 15) is 19.1 Å². The van der Waals surface area contributed by atoms with Gasteiger partial charge in [0.15, 0.2) is 0 Å². The van der Waals surface area contributed by atoms with E-state index in [2.05, 4.69) is 11.9 Å². The first kappa shape index (κ1) is 18.8. The second kappa shape index (κ2) is 8.12. The molecule has 27 heavy (non-hydrogen) atoms. The third-order valence-corrected chi connectivity index (χ3v) is 4.68. The highest BCUT2D eigenvalue weighted by molar-refractivity contribution is 6.46. The molecule has 1 aliphatic rings. The predicted molar refractivity (Wildman–Crippen MR) is 99.2 cm³/mol. The average molecular weight is 368 g/mol. The van der Waals surface area contributed by atoms with Crippen molar-refractivity contribution >= 4 is 17.4 Å². The summed E-state index contributed by atoms with van der Waals surface area (Å²) < 4.78 is 13.2. The molecule has 1 N–H and O–H groups in total. The van der Waals surface area contributed by atoms with E-state index >= 15 is 0 Å². The van der Waals surface area contributed by atoms with Crippen LogP contribution in [0.25, 0.3) is 5.76 Å². The molecule has 0 saturated carbocycles. The first-order valence-electron chi connectivity index (χ1n) is 8.99. The maximum atomic E-state index is 13.2. The number of aliphatic hydroxyl groups excluding tert-OH is 1. The zero-order valence-corrected chi connectivity index (χ0v) is 15.1. The van der Waals surface area contributed by atoms with Crippen LogP contribution in [0.5, 0.6) is 0 Å². The molecule has 0 spiro atoms. The Labute approximate surface area is 157 Å². The number of carbonyl (C=O) groups excluding carboxylic acids is 2. The normalized spacial score (nSPS) is 18.9. The van der Waals surface area contributed by atoms with Gasteiger partial charge in [-0.1, -0.05) is 19.8 Å². The summed E-state index contributed by atoms with van der Waals surface area (Å²) in [5.41, 5.74) is 1.01. The number of unbranched alkanes of at least 4 members (excludes halogenated alkanes) is 2. The monoisotopic (exact) mass is 368 g/mol. The number of carbonyl (C=O) groups is 2. The van der Waals surface area contributed by atoms with Gasteiger partial charge < -0.3 is 10.0 Å². The summed E-state index contributed by atoms with van der Waals surface area (Å²) in [6.07, 6.45) is 5.85. The molecule has 6 heteroatoms. The number of ketones is 1. The van der Waals surface area contributed by atoms with E-state index in [-0.39, 0.29) is 11.3 Å². The molecule has 1 amide bonds. The Kier molecular flexibility index (Phi) is 5.64. The van der Waals surface area contributed by atoms with Gasteiger partial charge in [0.1, 0.15) is 11.6 Å². The van der Waals surface area contributed by atoms with Crippen LogP contribution in [0.3, 0.4) is 0 Å². The zero-order chi connectivity index (χ0) is 19.4. The van der Waals surface area contributed by atoms with E-state index in [4.69, 9.17) is 0 Å². The highest BCUT2D eigenvalue weighted by Gasteiger charge is 2.45. The van der Waals surface area contributed by atoms with Crippen LogP contribution in [0.1, 0.15) is 43.4 Å². The van der Waals surface area contributed by atoms with Gasteiger partial charge in [-0.3, -0.25) is 14.6 Å². The molecule has 140 valence electrons. The molecular formula is C21H21FN2O3. The van der Waals surface area contributed by atoms with E-state index in [0.717, 1.165) is 19.3 Å². The van der Waals surface area contributed by atoms with Crippen molar-refractivity contribution in [3.63, 3.8) is 0 Å². The lowest BCUT2D eigenvalue weighted by Crippen LogP contribution is -2.30. The molecule has 0 aliphatic carbocycles. The van der Waals surface area contributed by atoms with Crippen molar-refractivity contribution in [3.8, 4) is 0 Å². The van der Waals surface area contributed by atoms with Gasteiger partial charge in [-0.05, 0) is 48.4 Å². The number of rotatable bonds is 6. The first-order valence-corrected chi connectivity index (χ1v) is 8.99. The number of aromatic nitrogens is 1. The standard InChI is InChI=1S/C21H21FN2O3/c1-2-3-4-13-24-18(14-9-11-23-12-10-14)17(20(26)21(24)27)19(25)15-5-7-16(22)8-6-15/h5-12,18,25H,2-4,13H2,1H3/b19-17-. The highest BCUT2D eigenvalue weighted by atomic mass is 19.1. The van der Waals surface area contributed by atoms with Crippen LogP contribution >= 0.6 is 0 Å². The third-order valence-electron chi connectivity index (χ3n) is 4.68. The van der Waals surface area contributed by atoms with Crippen molar-refractivity contribution in [2.75, 3.05) is 6.54 Å². The molecule has 1 unspecified atom stereocenters. The number of halogens is 1. The molecule has 1 aromatic carbocycles. The molecule has 1 atom stereocenters. The number of nitrogens with zero attached hydrogens (tertiary/aromatic N) is 2. The molecule has 1 saturated heterocycles. The lowest BCUT2D eigenvalue weighted by Gasteiger charge is -2.25. The highest BCUT2D eigenvalue weighted by Crippen LogP contribution is 2.39. The molecule has 3 rings (SSSR count). The SMILES string of the molecule is CCCCCN1C(=O)C(=O)/C(=C(\O)c2ccc(F)cc2)C1c1ccncc1. The largest absolute Gasteiger partial charge is 0.507 e. The molecular weight excluding hydrogens is 347 g/mol. The van der Waals surface area contributed by atoms with E-state index < -0.39 is 23.5 Å². The minimum absolute atomic E-state index is 0.0225. The maximum absolute atomic E-state index is 13.2. The van der Waals surface area contributed by atoms with Crippen molar-refractivity contribution in [2.24, 2.45) is 0 Å². The van der Waals surface area contributed by atoms with E-state index in [1.165, 1.54) is 29.2 Å². The fraction of sp³-hybridized carbons (Fsp3) is 0.286. The molecule has 0 bridgehead atoms. The Hall–Kier alpha value is -3.02. The van der Waals surface area contributed by atoms with E-state index in [1.807, 2.05) is 0 Å². The van der Waals surface area contributed by atoms with Gasteiger partial charge in [0.25, 0.3) is 11.7 Å². The van der Waals surface area contributed by atoms with Gasteiger partial charge in [0.2, 0.25) is 0 Å².